The summed E-state index contributed by atoms with van der Waals surface area (Å²) in [6.45, 7) is 3.09. The van der Waals surface area contributed by atoms with Crippen LogP contribution in [0.2, 0.25) is 0 Å². The SMILES string of the molecule is COCCC1(CNC(=O)CNCC2CC2)CCC1. The molecule has 2 aliphatic rings. The summed E-state index contributed by atoms with van der Waals surface area (Å²) in [4.78, 5) is 11.7. The fourth-order valence-corrected chi connectivity index (χ4v) is 2.57. The van der Waals surface area contributed by atoms with Gasteiger partial charge in [0.15, 0.2) is 0 Å². The third kappa shape index (κ3) is 4.25. The van der Waals surface area contributed by atoms with Gasteiger partial charge < -0.3 is 15.4 Å². The van der Waals surface area contributed by atoms with E-state index in [9.17, 15) is 4.79 Å². The van der Waals surface area contributed by atoms with Gasteiger partial charge in [0.05, 0.1) is 6.54 Å². The Balaban J connectivity index is 1.57. The van der Waals surface area contributed by atoms with Gasteiger partial charge >= 0.3 is 0 Å². The minimum absolute atomic E-state index is 0.138. The molecule has 2 N–H and O–H groups in total. The Morgan fingerprint density at radius 2 is 2.17 bits per heavy atom. The monoisotopic (exact) mass is 254 g/mol. The standard InChI is InChI=1S/C14H26N2O2/c1-18-8-7-14(5-2-6-14)11-16-13(17)10-15-9-12-3-4-12/h12,15H,2-11H2,1H3,(H,16,17). The predicted molar refractivity (Wildman–Crippen MR) is 71.4 cm³/mol. The topological polar surface area (TPSA) is 50.4 Å². The fourth-order valence-electron chi connectivity index (χ4n) is 2.57. The highest BCUT2D eigenvalue weighted by molar-refractivity contribution is 5.78. The molecular formula is C14H26N2O2. The van der Waals surface area contributed by atoms with Gasteiger partial charge in [-0.2, -0.15) is 0 Å². The van der Waals surface area contributed by atoms with Crippen LogP contribution in [0.3, 0.4) is 0 Å². The number of ether oxygens (including phenoxy) is 1. The quantitative estimate of drug-likeness (QED) is 0.652. The fraction of sp³-hybridized carbons (Fsp3) is 0.929. The van der Waals surface area contributed by atoms with Crippen molar-refractivity contribution in [1.29, 1.82) is 0 Å². The zero-order valence-corrected chi connectivity index (χ0v) is 11.5. The van der Waals surface area contributed by atoms with E-state index < -0.39 is 0 Å². The molecule has 0 heterocycles. The van der Waals surface area contributed by atoms with E-state index in [0.717, 1.165) is 32.0 Å². The first-order valence-electron chi connectivity index (χ1n) is 7.20. The Labute approximate surface area is 110 Å². The smallest absolute Gasteiger partial charge is 0.233 e. The van der Waals surface area contributed by atoms with Crippen LogP contribution in [0.15, 0.2) is 0 Å². The maximum atomic E-state index is 11.7. The van der Waals surface area contributed by atoms with Gasteiger partial charge in [-0.25, -0.2) is 0 Å². The highest BCUT2D eigenvalue weighted by Gasteiger charge is 2.36. The van der Waals surface area contributed by atoms with Crippen LogP contribution < -0.4 is 10.6 Å². The van der Waals surface area contributed by atoms with Crippen LogP contribution in [0.25, 0.3) is 0 Å². The summed E-state index contributed by atoms with van der Waals surface area (Å²) in [5.41, 5.74) is 0.322. The first-order chi connectivity index (χ1) is 8.74. The van der Waals surface area contributed by atoms with Crippen LogP contribution in [0.4, 0.5) is 0 Å². The molecule has 4 heteroatoms. The molecule has 104 valence electrons. The summed E-state index contributed by atoms with van der Waals surface area (Å²) in [7, 11) is 1.74. The third-order valence-corrected chi connectivity index (χ3v) is 4.33. The van der Waals surface area contributed by atoms with Gasteiger partial charge in [0, 0.05) is 20.3 Å². The Morgan fingerprint density at radius 3 is 2.72 bits per heavy atom. The second kappa shape index (κ2) is 6.53. The molecule has 0 saturated heterocycles. The normalized spacial score (nSPS) is 21.4. The molecule has 1 amide bonds. The summed E-state index contributed by atoms with van der Waals surface area (Å²) in [6, 6.07) is 0. The summed E-state index contributed by atoms with van der Waals surface area (Å²) < 4.78 is 5.15. The zero-order valence-electron chi connectivity index (χ0n) is 11.5. The van der Waals surface area contributed by atoms with Crippen molar-refractivity contribution in [3.63, 3.8) is 0 Å². The number of hydrogen-bond acceptors (Lipinski definition) is 3. The molecule has 0 radical (unpaired) electrons. The van der Waals surface area contributed by atoms with Crippen molar-refractivity contribution < 1.29 is 9.53 Å². The van der Waals surface area contributed by atoms with Gasteiger partial charge in [0.1, 0.15) is 0 Å². The van der Waals surface area contributed by atoms with Crippen LogP contribution in [0.1, 0.15) is 38.5 Å². The Hall–Kier alpha value is -0.610. The van der Waals surface area contributed by atoms with E-state index in [1.807, 2.05) is 0 Å². The predicted octanol–water partition coefficient (Wildman–Crippen LogP) is 1.31. The Morgan fingerprint density at radius 1 is 1.39 bits per heavy atom. The van der Waals surface area contributed by atoms with E-state index in [0.29, 0.717) is 12.0 Å². The molecule has 0 atom stereocenters. The van der Waals surface area contributed by atoms with Gasteiger partial charge in [-0.15, -0.1) is 0 Å². The van der Waals surface area contributed by atoms with Crippen molar-refractivity contribution in [2.75, 3.05) is 33.4 Å². The summed E-state index contributed by atoms with van der Waals surface area (Å²) >= 11 is 0. The summed E-state index contributed by atoms with van der Waals surface area (Å²) in [5.74, 6) is 0.969. The molecule has 4 nitrogen and oxygen atoms in total. The number of carbonyl (C=O) groups excluding carboxylic acids is 1. The average molecular weight is 254 g/mol. The molecule has 0 aromatic heterocycles. The second-order valence-corrected chi connectivity index (χ2v) is 5.95. The lowest BCUT2D eigenvalue weighted by molar-refractivity contribution is -0.121. The van der Waals surface area contributed by atoms with E-state index in [-0.39, 0.29) is 5.91 Å². The Bertz CT molecular complexity index is 273. The molecule has 0 aromatic rings. The maximum Gasteiger partial charge on any atom is 0.233 e. The van der Waals surface area contributed by atoms with Crippen LogP contribution >= 0.6 is 0 Å². The lowest BCUT2D eigenvalue weighted by atomic mass is 9.67. The van der Waals surface area contributed by atoms with E-state index >= 15 is 0 Å². The number of methoxy groups -OCH3 is 1. The minimum Gasteiger partial charge on any atom is -0.385 e. The molecule has 2 aliphatic carbocycles. The molecule has 0 bridgehead atoms. The van der Waals surface area contributed by atoms with Crippen molar-refractivity contribution in [2.45, 2.75) is 38.5 Å². The minimum atomic E-state index is 0.138. The van der Waals surface area contributed by atoms with Crippen molar-refractivity contribution in [3.8, 4) is 0 Å². The number of nitrogens with one attached hydrogen (secondary N) is 2. The van der Waals surface area contributed by atoms with E-state index in [1.54, 1.807) is 7.11 Å². The van der Waals surface area contributed by atoms with Crippen molar-refractivity contribution in [1.82, 2.24) is 10.6 Å². The number of amides is 1. The zero-order chi connectivity index (χ0) is 12.8. The van der Waals surface area contributed by atoms with Crippen LogP contribution in [-0.4, -0.2) is 39.3 Å². The molecule has 2 saturated carbocycles. The van der Waals surface area contributed by atoms with Gasteiger partial charge in [0.2, 0.25) is 5.91 Å². The van der Waals surface area contributed by atoms with Crippen molar-refractivity contribution in [2.24, 2.45) is 11.3 Å². The lowest BCUT2D eigenvalue weighted by Gasteiger charge is -2.42. The van der Waals surface area contributed by atoms with E-state index in [1.165, 1.54) is 32.1 Å². The van der Waals surface area contributed by atoms with Gasteiger partial charge in [-0.3, -0.25) is 4.79 Å². The van der Waals surface area contributed by atoms with E-state index in [2.05, 4.69) is 10.6 Å². The van der Waals surface area contributed by atoms with Crippen LogP contribution in [0.5, 0.6) is 0 Å². The molecule has 18 heavy (non-hydrogen) atoms. The van der Waals surface area contributed by atoms with Gasteiger partial charge in [-0.05, 0) is 50.0 Å². The third-order valence-electron chi connectivity index (χ3n) is 4.33. The first-order valence-corrected chi connectivity index (χ1v) is 7.20. The molecule has 0 spiro atoms. The largest absolute Gasteiger partial charge is 0.385 e. The molecule has 0 unspecified atom stereocenters. The molecule has 0 aromatic carbocycles. The van der Waals surface area contributed by atoms with Gasteiger partial charge in [0.25, 0.3) is 0 Å². The average Bonchev–Trinajstić information content (AvgIpc) is 3.11. The number of carbonyl (C=O) groups is 1. The first kappa shape index (κ1) is 13.8. The molecule has 2 fully saturated rings. The maximum absolute atomic E-state index is 11.7. The van der Waals surface area contributed by atoms with Crippen LogP contribution in [-0.2, 0) is 9.53 Å². The van der Waals surface area contributed by atoms with Crippen molar-refractivity contribution >= 4 is 5.91 Å². The van der Waals surface area contributed by atoms with Gasteiger partial charge in [-0.1, -0.05) is 6.42 Å². The number of rotatable bonds is 9. The molecular weight excluding hydrogens is 228 g/mol. The highest BCUT2D eigenvalue weighted by Crippen LogP contribution is 2.43. The lowest BCUT2D eigenvalue weighted by Crippen LogP contribution is -2.45. The van der Waals surface area contributed by atoms with E-state index in [4.69, 9.17) is 4.74 Å². The molecule has 2 rings (SSSR count). The van der Waals surface area contributed by atoms with Crippen LogP contribution in [0, 0.1) is 11.3 Å². The summed E-state index contributed by atoms with van der Waals surface area (Å²) in [6.07, 6.45) is 7.47. The summed E-state index contributed by atoms with van der Waals surface area (Å²) in [5, 5.41) is 6.30. The Kier molecular flexibility index (Phi) is 5.01. The van der Waals surface area contributed by atoms with Crippen molar-refractivity contribution in [3.05, 3.63) is 0 Å². The second-order valence-electron chi connectivity index (χ2n) is 5.95. The highest BCUT2D eigenvalue weighted by atomic mass is 16.5. The number of hydrogen-bond donors (Lipinski definition) is 2. The molecule has 0 aliphatic heterocycles.